The molecule has 0 fully saturated rings. The molecule has 2 aromatic carbocycles. The van der Waals surface area contributed by atoms with E-state index in [0.29, 0.717) is 23.7 Å². The van der Waals surface area contributed by atoms with E-state index in [-0.39, 0.29) is 11.9 Å². The van der Waals surface area contributed by atoms with Gasteiger partial charge in [0.1, 0.15) is 5.75 Å². The normalized spacial score (nSPS) is 11.5. The van der Waals surface area contributed by atoms with Crippen molar-refractivity contribution in [2.24, 2.45) is 0 Å². The highest BCUT2D eigenvalue weighted by Gasteiger charge is 2.14. The summed E-state index contributed by atoms with van der Waals surface area (Å²) < 4.78 is 15.9. The number of nitrogens with one attached hydrogen (secondary N) is 1. The Morgan fingerprint density at radius 3 is 2.29 bits per heavy atom. The Morgan fingerprint density at radius 2 is 1.71 bits per heavy atom. The second-order valence-electron chi connectivity index (χ2n) is 5.27. The first-order chi connectivity index (χ1) is 11.6. The first kappa shape index (κ1) is 17.7. The van der Waals surface area contributed by atoms with Crippen molar-refractivity contribution >= 4 is 5.91 Å². The van der Waals surface area contributed by atoms with E-state index in [1.165, 1.54) is 0 Å². The van der Waals surface area contributed by atoms with Gasteiger partial charge in [0.05, 0.1) is 26.9 Å². The van der Waals surface area contributed by atoms with Crippen LogP contribution in [-0.2, 0) is 0 Å². The molecule has 0 saturated heterocycles. The fourth-order valence-electron chi connectivity index (χ4n) is 2.35. The SMILES string of the molecule is CCOc1ccc(C(=O)N[C@@H](C)c2ccc(OC)c(OC)c2)cc1. The molecule has 0 aliphatic carbocycles. The Labute approximate surface area is 142 Å². The van der Waals surface area contributed by atoms with E-state index >= 15 is 0 Å². The van der Waals surface area contributed by atoms with E-state index in [1.807, 2.05) is 32.0 Å². The molecule has 2 aromatic rings. The van der Waals surface area contributed by atoms with Crippen molar-refractivity contribution in [3.05, 3.63) is 53.6 Å². The van der Waals surface area contributed by atoms with E-state index in [4.69, 9.17) is 14.2 Å². The van der Waals surface area contributed by atoms with E-state index < -0.39 is 0 Å². The van der Waals surface area contributed by atoms with Gasteiger partial charge in [0, 0.05) is 5.56 Å². The van der Waals surface area contributed by atoms with Crippen LogP contribution in [0.25, 0.3) is 0 Å². The zero-order chi connectivity index (χ0) is 17.5. The first-order valence-corrected chi connectivity index (χ1v) is 7.84. The van der Waals surface area contributed by atoms with E-state index in [1.54, 1.807) is 38.5 Å². The molecule has 1 amide bonds. The van der Waals surface area contributed by atoms with E-state index in [9.17, 15) is 4.79 Å². The summed E-state index contributed by atoms with van der Waals surface area (Å²) in [7, 11) is 3.18. The van der Waals surface area contributed by atoms with Crippen LogP contribution in [0, 0.1) is 0 Å². The fourth-order valence-corrected chi connectivity index (χ4v) is 2.35. The van der Waals surface area contributed by atoms with Gasteiger partial charge in [-0.3, -0.25) is 4.79 Å². The molecule has 1 N–H and O–H groups in total. The summed E-state index contributed by atoms with van der Waals surface area (Å²) >= 11 is 0. The van der Waals surface area contributed by atoms with Crippen LogP contribution >= 0.6 is 0 Å². The number of ether oxygens (including phenoxy) is 3. The number of rotatable bonds is 7. The Bertz CT molecular complexity index is 682. The second kappa shape index (κ2) is 8.24. The van der Waals surface area contributed by atoms with Crippen LogP contribution in [0.2, 0.25) is 0 Å². The molecular formula is C19H23NO4. The monoisotopic (exact) mass is 329 g/mol. The van der Waals surface area contributed by atoms with Crippen molar-refractivity contribution in [2.75, 3.05) is 20.8 Å². The quantitative estimate of drug-likeness (QED) is 0.843. The lowest BCUT2D eigenvalue weighted by Gasteiger charge is -2.16. The smallest absolute Gasteiger partial charge is 0.251 e. The molecule has 0 radical (unpaired) electrons. The highest BCUT2D eigenvalue weighted by molar-refractivity contribution is 5.94. The highest BCUT2D eigenvalue weighted by atomic mass is 16.5. The maximum atomic E-state index is 12.4. The zero-order valence-electron chi connectivity index (χ0n) is 14.5. The van der Waals surface area contributed by atoms with Gasteiger partial charge in [0.2, 0.25) is 0 Å². The molecule has 0 saturated carbocycles. The highest BCUT2D eigenvalue weighted by Crippen LogP contribution is 2.30. The van der Waals surface area contributed by atoms with Gasteiger partial charge < -0.3 is 19.5 Å². The Morgan fingerprint density at radius 1 is 1.04 bits per heavy atom. The van der Waals surface area contributed by atoms with E-state index in [0.717, 1.165) is 11.3 Å². The van der Waals surface area contributed by atoms with Crippen molar-refractivity contribution in [3.8, 4) is 17.2 Å². The lowest BCUT2D eigenvalue weighted by Crippen LogP contribution is -2.26. The fraction of sp³-hybridized carbons (Fsp3) is 0.316. The molecule has 24 heavy (non-hydrogen) atoms. The molecule has 0 aliphatic heterocycles. The first-order valence-electron chi connectivity index (χ1n) is 7.84. The van der Waals surface area contributed by atoms with Crippen molar-refractivity contribution in [3.63, 3.8) is 0 Å². The van der Waals surface area contributed by atoms with Crippen LogP contribution in [0.3, 0.4) is 0 Å². The van der Waals surface area contributed by atoms with Crippen LogP contribution in [-0.4, -0.2) is 26.7 Å². The molecule has 0 spiro atoms. The number of benzene rings is 2. The van der Waals surface area contributed by atoms with Gasteiger partial charge in [-0.2, -0.15) is 0 Å². The molecule has 5 nitrogen and oxygen atoms in total. The third-order valence-electron chi connectivity index (χ3n) is 3.68. The third kappa shape index (κ3) is 4.19. The average molecular weight is 329 g/mol. The summed E-state index contributed by atoms with van der Waals surface area (Å²) in [4.78, 5) is 12.4. The van der Waals surface area contributed by atoms with Crippen LogP contribution in [0.15, 0.2) is 42.5 Å². The van der Waals surface area contributed by atoms with Crippen LogP contribution in [0.5, 0.6) is 17.2 Å². The van der Waals surface area contributed by atoms with Crippen molar-refractivity contribution in [1.82, 2.24) is 5.32 Å². The van der Waals surface area contributed by atoms with Gasteiger partial charge in [0.25, 0.3) is 5.91 Å². The summed E-state index contributed by atoms with van der Waals surface area (Å²) in [5, 5.41) is 2.98. The minimum atomic E-state index is -0.163. The molecule has 0 aromatic heterocycles. The van der Waals surface area contributed by atoms with Gasteiger partial charge in [0.15, 0.2) is 11.5 Å². The third-order valence-corrected chi connectivity index (χ3v) is 3.68. The Kier molecular flexibility index (Phi) is 6.07. The second-order valence-corrected chi connectivity index (χ2v) is 5.27. The van der Waals surface area contributed by atoms with Crippen LogP contribution in [0.4, 0.5) is 0 Å². The van der Waals surface area contributed by atoms with Gasteiger partial charge in [-0.1, -0.05) is 6.07 Å². The molecule has 0 aliphatic rings. The minimum absolute atomic E-state index is 0.139. The number of hydrogen-bond donors (Lipinski definition) is 1. The Hall–Kier alpha value is -2.69. The summed E-state index contributed by atoms with van der Waals surface area (Å²) in [5.41, 5.74) is 1.53. The molecule has 1 atom stereocenters. The maximum absolute atomic E-state index is 12.4. The maximum Gasteiger partial charge on any atom is 0.251 e. The van der Waals surface area contributed by atoms with Crippen LogP contribution < -0.4 is 19.5 Å². The van der Waals surface area contributed by atoms with E-state index in [2.05, 4.69) is 5.32 Å². The summed E-state index contributed by atoms with van der Waals surface area (Å²) in [6.45, 7) is 4.45. The predicted octanol–water partition coefficient (Wildman–Crippen LogP) is 3.59. The zero-order valence-corrected chi connectivity index (χ0v) is 14.5. The lowest BCUT2D eigenvalue weighted by atomic mass is 10.1. The molecule has 0 bridgehead atoms. The summed E-state index contributed by atoms with van der Waals surface area (Å²) in [6, 6.07) is 12.5. The predicted molar refractivity (Wildman–Crippen MR) is 93.0 cm³/mol. The topological polar surface area (TPSA) is 56.8 Å². The minimum Gasteiger partial charge on any atom is -0.494 e. The number of carbonyl (C=O) groups excluding carboxylic acids is 1. The lowest BCUT2D eigenvalue weighted by molar-refractivity contribution is 0.0940. The molecule has 0 heterocycles. The standard InChI is InChI=1S/C19H23NO4/c1-5-24-16-9-6-14(7-10-16)19(21)20-13(2)15-8-11-17(22-3)18(12-15)23-4/h6-13H,5H2,1-4H3,(H,20,21)/t13-/m0/s1. The number of amides is 1. The van der Waals surface area contributed by atoms with Crippen molar-refractivity contribution in [2.45, 2.75) is 19.9 Å². The Balaban J connectivity index is 2.08. The summed E-state index contributed by atoms with van der Waals surface area (Å²) in [6.07, 6.45) is 0. The molecule has 0 unspecified atom stereocenters. The van der Waals surface area contributed by atoms with Gasteiger partial charge in [-0.25, -0.2) is 0 Å². The van der Waals surface area contributed by atoms with Gasteiger partial charge >= 0.3 is 0 Å². The van der Waals surface area contributed by atoms with Crippen molar-refractivity contribution < 1.29 is 19.0 Å². The average Bonchev–Trinajstić information content (AvgIpc) is 2.61. The molecule has 128 valence electrons. The van der Waals surface area contributed by atoms with Crippen molar-refractivity contribution in [1.29, 1.82) is 0 Å². The number of methoxy groups -OCH3 is 2. The largest absolute Gasteiger partial charge is 0.494 e. The summed E-state index contributed by atoms with van der Waals surface area (Å²) in [5.74, 6) is 1.91. The van der Waals surface area contributed by atoms with Gasteiger partial charge in [-0.05, 0) is 55.8 Å². The molecule has 2 rings (SSSR count). The number of carbonyl (C=O) groups is 1. The number of hydrogen-bond acceptors (Lipinski definition) is 4. The molecule has 5 heteroatoms. The molecular weight excluding hydrogens is 306 g/mol. The van der Waals surface area contributed by atoms with Gasteiger partial charge in [-0.15, -0.1) is 0 Å². The van der Waals surface area contributed by atoms with Crippen LogP contribution in [0.1, 0.15) is 35.8 Å².